The van der Waals surface area contributed by atoms with Gasteiger partial charge in [0.25, 0.3) is 0 Å². The van der Waals surface area contributed by atoms with Crippen LogP contribution in [0, 0.1) is 6.92 Å². The molecule has 2 rings (SSSR count). The number of imidazole rings is 1. The fraction of sp³-hybridized carbons (Fsp3) is 0.375. The van der Waals surface area contributed by atoms with Gasteiger partial charge in [-0.3, -0.25) is 0 Å². The summed E-state index contributed by atoms with van der Waals surface area (Å²) in [6, 6.07) is 0. The topological polar surface area (TPSA) is 82.8 Å². The van der Waals surface area contributed by atoms with Crippen molar-refractivity contribution in [2.24, 2.45) is 5.73 Å². The van der Waals surface area contributed by atoms with E-state index in [0.29, 0.717) is 13.1 Å². The molecule has 6 heteroatoms. The molecule has 0 aliphatic heterocycles. The Morgan fingerprint density at radius 1 is 1.50 bits per heavy atom. The van der Waals surface area contributed by atoms with Crippen LogP contribution in [-0.4, -0.2) is 19.9 Å². The van der Waals surface area contributed by atoms with Gasteiger partial charge in [0.15, 0.2) is 0 Å². The average Bonchev–Trinajstić information content (AvgIpc) is 2.77. The number of aryl methyl sites for hydroxylation is 1. The first-order chi connectivity index (χ1) is 6.79. The van der Waals surface area contributed by atoms with E-state index in [1.54, 1.807) is 6.33 Å². The minimum Gasteiger partial charge on any atom is -0.331 e. The monoisotopic (exact) mass is 193 g/mol. The molecular formula is C8H11N5O. The second-order valence-corrected chi connectivity index (χ2v) is 3.04. The molecule has 0 saturated carbocycles. The molecule has 74 valence electrons. The van der Waals surface area contributed by atoms with Crippen molar-refractivity contribution in [1.29, 1.82) is 0 Å². The highest BCUT2D eigenvalue weighted by Gasteiger charge is 2.05. The van der Waals surface area contributed by atoms with Crippen molar-refractivity contribution in [3.63, 3.8) is 0 Å². The smallest absolute Gasteiger partial charge is 0.127 e. The molecule has 0 spiro atoms. The van der Waals surface area contributed by atoms with E-state index in [-0.39, 0.29) is 0 Å². The number of rotatable bonds is 3. The number of nitrogens with zero attached hydrogens (tertiary/aromatic N) is 4. The fourth-order valence-electron chi connectivity index (χ4n) is 1.16. The van der Waals surface area contributed by atoms with E-state index in [2.05, 4.69) is 19.9 Å². The van der Waals surface area contributed by atoms with Crippen LogP contribution in [-0.2, 0) is 13.1 Å². The standard InChI is InChI=1S/C8H11N5O/c1-6-8(12-14-11-6)4-13-3-7(2-9)10-5-13/h3,5H,2,4,9H2,1H3. The maximum atomic E-state index is 5.44. The Labute approximate surface area is 80.7 Å². The van der Waals surface area contributed by atoms with E-state index in [1.165, 1.54) is 0 Å². The molecule has 0 aliphatic carbocycles. The highest BCUT2D eigenvalue weighted by atomic mass is 16.6. The van der Waals surface area contributed by atoms with Gasteiger partial charge in [0.2, 0.25) is 0 Å². The summed E-state index contributed by atoms with van der Waals surface area (Å²) in [5, 5.41) is 7.48. The minimum atomic E-state index is 0.447. The van der Waals surface area contributed by atoms with Gasteiger partial charge in [0.05, 0.1) is 18.6 Å². The molecule has 0 amide bonds. The van der Waals surface area contributed by atoms with E-state index in [9.17, 15) is 0 Å². The molecule has 0 radical (unpaired) electrons. The summed E-state index contributed by atoms with van der Waals surface area (Å²) < 4.78 is 6.49. The summed E-state index contributed by atoms with van der Waals surface area (Å²) in [6.45, 7) is 2.91. The van der Waals surface area contributed by atoms with Gasteiger partial charge < -0.3 is 10.3 Å². The number of aromatic nitrogens is 4. The molecular weight excluding hydrogens is 182 g/mol. The zero-order valence-electron chi connectivity index (χ0n) is 7.84. The predicted octanol–water partition coefficient (Wildman–Crippen LogP) is 0.0815. The Balaban J connectivity index is 2.15. The van der Waals surface area contributed by atoms with Crippen LogP contribution in [0.3, 0.4) is 0 Å². The van der Waals surface area contributed by atoms with Crippen LogP contribution >= 0.6 is 0 Å². The second kappa shape index (κ2) is 3.59. The third-order valence-corrected chi connectivity index (χ3v) is 1.97. The van der Waals surface area contributed by atoms with Crippen molar-refractivity contribution < 1.29 is 4.63 Å². The molecule has 0 bridgehead atoms. The number of hydrogen-bond acceptors (Lipinski definition) is 5. The highest BCUT2D eigenvalue weighted by Crippen LogP contribution is 2.04. The molecule has 2 heterocycles. The SMILES string of the molecule is Cc1nonc1Cn1cnc(CN)c1. The molecule has 14 heavy (non-hydrogen) atoms. The minimum absolute atomic E-state index is 0.447. The van der Waals surface area contributed by atoms with E-state index >= 15 is 0 Å². The van der Waals surface area contributed by atoms with Crippen molar-refractivity contribution >= 4 is 0 Å². The van der Waals surface area contributed by atoms with E-state index in [4.69, 9.17) is 5.73 Å². The third kappa shape index (κ3) is 1.64. The van der Waals surface area contributed by atoms with Crippen LogP contribution in [0.5, 0.6) is 0 Å². The Morgan fingerprint density at radius 2 is 2.36 bits per heavy atom. The summed E-state index contributed by atoms with van der Waals surface area (Å²) in [6.07, 6.45) is 3.60. The van der Waals surface area contributed by atoms with Gasteiger partial charge in [0, 0.05) is 12.7 Å². The fourth-order valence-corrected chi connectivity index (χ4v) is 1.16. The van der Waals surface area contributed by atoms with Gasteiger partial charge in [-0.05, 0) is 6.92 Å². The maximum absolute atomic E-state index is 5.44. The summed E-state index contributed by atoms with van der Waals surface area (Å²) in [5.41, 5.74) is 7.91. The molecule has 2 aromatic heterocycles. The molecule has 6 nitrogen and oxygen atoms in total. The maximum Gasteiger partial charge on any atom is 0.127 e. The van der Waals surface area contributed by atoms with E-state index < -0.39 is 0 Å². The Bertz CT molecular complexity index is 419. The first-order valence-electron chi connectivity index (χ1n) is 4.28. The van der Waals surface area contributed by atoms with Crippen LogP contribution in [0.2, 0.25) is 0 Å². The van der Waals surface area contributed by atoms with Gasteiger partial charge in [-0.15, -0.1) is 0 Å². The van der Waals surface area contributed by atoms with E-state index in [0.717, 1.165) is 17.1 Å². The largest absolute Gasteiger partial charge is 0.331 e. The quantitative estimate of drug-likeness (QED) is 0.746. The lowest BCUT2D eigenvalue weighted by atomic mass is 10.3. The number of nitrogens with two attached hydrogens (primary N) is 1. The predicted molar refractivity (Wildman–Crippen MR) is 48.3 cm³/mol. The van der Waals surface area contributed by atoms with Gasteiger partial charge in [0.1, 0.15) is 11.4 Å². The van der Waals surface area contributed by atoms with Crippen molar-refractivity contribution in [3.05, 3.63) is 29.6 Å². The van der Waals surface area contributed by atoms with Crippen molar-refractivity contribution in [1.82, 2.24) is 19.9 Å². The van der Waals surface area contributed by atoms with E-state index in [1.807, 2.05) is 17.7 Å². The van der Waals surface area contributed by atoms with Crippen LogP contribution in [0.25, 0.3) is 0 Å². The average molecular weight is 193 g/mol. The Hall–Kier alpha value is -1.69. The lowest BCUT2D eigenvalue weighted by Gasteiger charge is -1.96. The van der Waals surface area contributed by atoms with Crippen molar-refractivity contribution in [2.75, 3.05) is 0 Å². The molecule has 2 aromatic rings. The zero-order chi connectivity index (χ0) is 9.97. The van der Waals surface area contributed by atoms with Crippen molar-refractivity contribution in [2.45, 2.75) is 20.0 Å². The first kappa shape index (κ1) is 8.89. The lowest BCUT2D eigenvalue weighted by Crippen LogP contribution is -1.99. The molecule has 2 N–H and O–H groups in total. The van der Waals surface area contributed by atoms with Gasteiger partial charge in [-0.2, -0.15) is 0 Å². The highest BCUT2D eigenvalue weighted by molar-refractivity contribution is 5.06. The molecule has 0 saturated heterocycles. The molecule has 0 aliphatic rings. The number of hydrogen-bond donors (Lipinski definition) is 1. The van der Waals surface area contributed by atoms with Gasteiger partial charge in [-0.25, -0.2) is 9.61 Å². The molecule has 0 unspecified atom stereocenters. The summed E-state index contributed by atoms with van der Waals surface area (Å²) in [5.74, 6) is 0. The molecule has 0 fully saturated rings. The second-order valence-electron chi connectivity index (χ2n) is 3.04. The lowest BCUT2D eigenvalue weighted by molar-refractivity contribution is 0.300. The van der Waals surface area contributed by atoms with Crippen LogP contribution < -0.4 is 5.73 Å². The normalized spacial score (nSPS) is 10.7. The van der Waals surface area contributed by atoms with Gasteiger partial charge in [-0.1, -0.05) is 10.3 Å². The summed E-state index contributed by atoms with van der Waals surface area (Å²) in [7, 11) is 0. The van der Waals surface area contributed by atoms with Crippen LogP contribution in [0.4, 0.5) is 0 Å². The van der Waals surface area contributed by atoms with Crippen LogP contribution in [0.1, 0.15) is 17.1 Å². The summed E-state index contributed by atoms with van der Waals surface area (Å²) >= 11 is 0. The first-order valence-corrected chi connectivity index (χ1v) is 4.28. The Kier molecular flexibility index (Phi) is 2.28. The zero-order valence-corrected chi connectivity index (χ0v) is 7.84. The third-order valence-electron chi connectivity index (χ3n) is 1.97. The molecule has 0 atom stereocenters. The Morgan fingerprint density at radius 3 is 2.93 bits per heavy atom. The summed E-state index contributed by atoms with van der Waals surface area (Å²) in [4.78, 5) is 4.10. The van der Waals surface area contributed by atoms with Crippen molar-refractivity contribution in [3.8, 4) is 0 Å². The molecule has 0 aromatic carbocycles. The van der Waals surface area contributed by atoms with Gasteiger partial charge >= 0.3 is 0 Å². The van der Waals surface area contributed by atoms with Crippen LogP contribution in [0.15, 0.2) is 17.2 Å².